The van der Waals surface area contributed by atoms with E-state index < -0.39 is 19.1 Å². The fourth-order valence-corrected chi connectivity index (χ4v) is 4.89. The number of nitrogens with one attached hydrogen (secondary N) is 1. The summed E-state index contributed by atoms with van der Waals surface area (Å²) in [6.07, 6.45) is 0. The van der Waals surface area contributed by atoms with Crippen LogP contribution in [0.3, 0.4) is 0 Å². The van der Waals surface area contributed by atoms with Gasteiger partial charge in [0.15, 0.2) is 0 Å². The first-order valence-electron chi connectivity index (χ1n) is 7.21. The Balaban J connectivity index is 2.38. The molecule has 3 aromatic rings. The lowest BCUT2D eigenvalue weighted by Gasteiger charge is -2.17. The molecular weight excluding hydrogens is 330 g/mol. The monoisotopic (exact) mass is 346 g/mol. The topological polar surface area (TPSA) is 85.2 Å². The van der Waals surface area contributed by atoms with Crippen molar-refractivity contribution >= 4 is 34.8 Å². The average molecular weight is 346 g/mol. The van der Waals surface area contributed by atoms with Crippen LogP contribution >= 0.6 is 7.37 Å². The SMILES string of the molecule is COP(=O)(c1ccc(F)cc1)c1c(C(N)=O)[nH]c2ccc(C)cc12. The Bertz CT molecular complexity index is 979. The van der Waals surface area contributed by atoms with Gasteiger partial charge in [0.2, 0.25) is 0 Å². The Kier molecular flexibility index (Phi) is 4.03. The second-order valence-corrected chi connectivity index (χ2v) is 7.90. The fourth-order valence-electron chi connectivity index (χ4n) is 2.74. The molecule has 0 bridgehead atoms. The van der Waals surface area contributed by atoms with E-state index in [-0.39, 0.29) is 16.3 Å². The van der Waals surface area contributed by atoms with Crippen LogP contribution in [0.4, 0.5) is 4.39 Å². The third kappa shape index (κ3) is 2.54. The lowest BCUT2D eigenvalue weighted by atomic mass is 10.2. The van der Waals surface area contributed by atoms with Crippen molar-refractivity contribution in [3.8, 4) is 0 Å². The van der Waals surface area contributed by atoms with Crippen LogP contribution < -0.4 is 16.3 Å². The van der Waals surface area contributed by atoms with Crippen molar-refractivity contribution < 1.29 is 18.3 Å². The third-order valence-electron chi connectivity index (χ3n) is 3.89. The van der Waals surface area contributed by atoms with Gasteiger partial charge in [-0.25, -0.2) is 4.39 Å². The number of amides is 1. The van der Waals surface area contributed by atoms with Gasteiger partial charge in [-0.1, -0.05) is 11.6 Å². The molecule has 3 rings (SSSR count). The van der Waals surface area contributed by atoms with Gasteiger partial charge in [0.05, 0.1) is 5.30 Å². The minimum absolute atomic E-state index is 0.0325. The lowest BCUT2D eigenvalue weighted by Crippen LogP contribution is -2.25. The average Bonchev–Trinajstić information content (AvgIpc) is 2.94. The standard InChI is InChI=1S/C17H16FN2O3P/c1-10-3-8-14-13(9-10)16(15(20-14)17(19)21)24(22,23-2)12-6-4-11(18)5-7-12/h3-9,20H,1-2H3,(H2,19,21). The van der Waals surface area contributed by atoms with Gasteiger partial charge in [-0.15, -0.1) is 0 Å². The zero-order valence-electron chi connectivity index (χ0n) is 13.2. The number of carbonyl (C=O) groups is 1. The smallest absolute Gasteiger partial charge is 0.266 e. The molecule has 0 aliphatic carbocycles. The van der Waals surface area contributed by atoms with Crippen molar-refractivity contribution in [2.75, 3.05) is 7.11 Å². The quantitative estimate of drug-likeness (QED) is 0.712. The predicted octanol–water partition coefficient (Wildman–Crippen LogP) is 2.59. The molecule has 1 amide bonds. The van der Waals surface area contributed by atoms with Crippen molar-refractivity contribution in [3.63, 3.8) is 0 Å². The van der Waals surface area contributed by atoms with E-state index in [2.05, 4.69) is 4.98 Å². The maximum atomic E-state index is 13.6. The van der Waals surface area contributed by atoms with E-state index in [9.17, 15) is 13.8 Å². The highest BCUT2D eigenvalue weighted by molar-refractivity contribution is 7.75. The molecule has 1 aromatic heterocycles. The first kappa shape index (κ1) is 16.4. The number of carbonyl (C=O) groups excluding carboxylic acids is 1. The number of benzene rings is 2. The predicted molar refractivity (Wildman–Crippen MR) is 91.8 cm³/mol. The molecule has 7 heteroatoms. The molecule has 24 heavy (non-hydrogen) atoms. The molecule has 5 nitrogen and oxygen atoms in total. The van der Waals surface area contributed by atoms with Crippen LogP contribution in [-0.4, -0.2) is 18.0 Å². The molecule has 1 heterocycles. The number of hydrogen-bond acceptors (Lipinski definition) is 3. The molecule has 0 fully saturated rings. The zero-order valence-corrected chi connectivity index (χ0v) is 14.1. The Labute approximate surface area is 138 Å². The molecule has 1 atom stereocenters. The molecular formula is C17H16FN2O3P. The van der Waals surface area contributed by atoms with E-state index in [0.717, 1.165) is 5.56 Å². The van der Waals surface area contributed by atoms with E-state index in [1.165, 1.54) is 31.4 Å². The minimum Gasteiger partial charge on any atom is -0.364 e. The second-order valence-electron chi connectivity index (χ2n) is 5.47. The Morgan fingerprint density at radius 2 is 1.88 bits per heavy atom. The van der Waals surface area contributed by atoms with E-state index >= 15 is 0 Å². The Morgan fingerprint density at radius 1 is 1.21 bits per heavy atom. The van der Waals surface area contributed by atoms with Crippen LogP contribution in [-0.2, 0) is 9.09 Å². The summed E-state index contributed by atoms with van der Waals surface area (Å²) in [4.78, 5) is 14.8. The molecule has 0 aliphatic heterocycles. The van der Waals surface area contributed by atoms with Crippen LogP contribution in [0, 0.1) is 12.7 Å². The highest BCUT2D eigenvalue weighted by atomic mass is 31.2. The summed E-state index contributed by atoms with van der Waals surface area (Å²) in [5.74, 6) is -1.19. The molecule has 2 aromatic carbocycles. The van der Waals surface area contributed by atoms with E-state index in [4.69, 9.17) is 10.3 Å². The Morgan fingerprint density at radius 3 is 2.46 bits per heavy atom. The van der Waals surface area contributed by atoms with Crippen LogP contribution in [0.5, 0.6) is 0 Å². The molecule has 0 saturated heterocycles. The van der Waals surface area contributed by atoms with Gasteiger partial charge >= 0.3 is 0 Å². The summed E-state index contributed by atoms with van der Waals surface area (Å²) < 4.78 is 32.2. The number of hydrogen-bond donors (Lipinski definition) is 2. The normalized spacial score (nSPS) is 13.8. The van der Waals surface area contributed by atoms with Crippen molar-refractivity contribution in [1.82, 2.24) is 4.98 Å². The number of nitrogens with two attached hydrogens (primary N) is 1. The lowest BCUT2D eigenvalue weighted by molar-refractivity contribution is 0.0997. The summed E-state index contributed by atoms with van der Waals surface area (Å²) in [5.41, 5.74) is 7.06. The summed E-state index contributed by atoms with van der Waals surface area (Å²) in [6.45, 7) is 1.88. The highest BCUT2D eigenvalue weighted by Gasteiger charge is 2.35. The number of halogens is 1. The molecule has 0 aliphatic rings. The summed E-state index contributed by atoms with van der Waals surface area (Å²) in [7, 11) is -2.34. The fraction of sp³-hybridized carbons (Fsp3) is 0.118. The molecule has 0 spiro atoms. The summed E-state index contributed by atoms with van der Waals surface area (Å²) >= 11 is 0. The van der Waals surface area contributed by atoms with Crippen molar-refractivity contribution in [1.29, 1.82) is 0 Å². The largest absolute Gasteiger partial charge is 0.364 e. The molecule has 124 valence electrons. The number of aromatic nitrogens is 1. The molecule has 0 saturated carbocycles. The first-order valence-corrected chi connectivity index (χ1v) is 8.84. The van der Waals surface area contributed by atoms with Crippen molar-refractivity contribution in [2.24, 2.45) is 5.73 Å². The van der Waals surface area contributed by atoms with Crippen LogP contribution in [0.15, 0.2) is 42.5 Å². The molecule has 1 unspecified atom stereocenters. The number of aryl methyl sites for hydroxylation is 1. The van der Waals surface area contributed by atoms with Gasteiger partial charge < -0.3 is 15.2 Å². The van der Waals surface area contributed by atoms with Crippen molar-refractivity contribution in [3.05, 3.63) is 59.5 Å². The number of fused-ring (bicyclic) bond motifs is 1. The van der Waals surface area contributed by atoms with E-state index in [1.807, 2.05) is 19.1 Å². The highest BCUT2D eigenvalue weighted by Crippen LogP contribution is 2.47. The van der Waals surface area contributed by atoms with Gasteiger partial charge in [0.25, 0.3) is 13.3 Å². The van der Waals surface area contributed by atoms with Gasteiger partial charge in [-0.2, -0.15) is 0 Å². The van der Waals surface area contributed by atoms with Crippen LogP contribution in [0.1, 0.15) is 16.1 Å². The van der Waals surface area contributed by atoms with E-state index in [0.29, 0.717) is 10.9 Å². The minimum atomic E-state index is -3.63. The maximum absolute atomic E-state index is 13.6. The number of primary amides is 1. The third-order valence-corrected chi connectivity index (χ3v) is 6.44. The van der Waals surface area contributed by atoms with Crippen LogP contribution in [0.2, 0.25) is 0 Å². The Hall–Kier alpha value is -2.43. The number of aromatic amines is 1. The molecule has 0 radical (unpaired) electrons. The second kappa shape index (κ2) is 5.89. The number of H-pyrrole nitrogens is 1. The first-order chi connectivity index (χ1) is 11.4. The van der Waals surface area contributed by atoms with Gasteiger partial charge in [0, 0.05) is 23.3 Å². The maximum Gasteiger partial charge on any atom is 0.266 e. The van der Waals surface area contributed by atoms with Gasteiger partial charge in [-0.05, 0) is 43.3 Å². The zero-order chi connectivity index (χ0) is 17.5. The molecule has 3 N–H and O–H groups in total. The van der Waals surface area contributed by atoms with E-state index in [1.54, 1.807) is 6.07 Å². The number of rotatable bonds is 4. The van der Waals surface area contributed by atoms with Crippen molar-refractivity contribution in [2.45, 2.75) is 6.92 Å². The summed E-state index contributed by atoms with van der Waals surface area (Å²) in [5, 5.41) is 1.09. The van der Waals surface area contributed by atoms with Gasteiger partial charge in [-0.3, -0.25) is 9.36 Å². The van der Waals surface area contributed by atoms with Crippen LogP contribution in [0.25, 0.3) is 10.9 Å². The summed E-state index contributed by atoms with van der Waals surface area (Å²) in [6, 6.07) is 10.6. The van der Waals surface area contributed by atoms with Gasteiger partial charge in [0.1, 0.15) is 11.5 Å².